The minimum Gasteiger partial charge on any atom is -0.462 e. The molecule has 2 aromatic rings. The fourth-order valence-electron chi connectivity index (χ4n) is 4.15. The highest BCUT2D eigenvalue weighted by Crippen LogP contribution is 2.29. The summed E-state index contributed by atoms with van der Waals surface area (Å²) >= 11 is 0. The molecule has 0 spiro atoms. The molecule has 0 heterocycles. The van der Waals surface area contributed by atoms with Crippen LogP contribution < -0.4 is 16.2 Å². The third-order valence-electron chi connectivity index (χ3n) is 6.26. The van der Waals surface area contributed by atoms with Gasteiger partial charge in [0.2, 0.25) is 0 Å². The number of alkyl halides is 3. The predicted octanol–water partition coefficient (Wildman–Crippen LogP) is 5.47. The van der Waals surface area contributed by atoms with E-state index in [1.165, 1.54) is 6.08 Å². The van der Waals surface area contributed by atoms with Gasteiger partial charge in [0.15, 0.2) is 0 Å². The van der Waals surface area contributed by atoms with Crippen LogP contribution in [0.15, 0.2) is 48.5 Å². The molecule has 0 atom stereocenters. The Morgan fingerprint density at radius 1 is 0.974 bits per heavy atom. The molecule has 1 saturated carbocycles. The molecule has 1 fully saturated rings. The molecule has 1 aliphatic carbocycles. The van der Waals surface area contributed by atoms with Crippen LogP contribution in [0.25, 0.3) is 6.08 Å². The van der Waals surface area contributed by atoms with Crippen LogP contribution in [0.3, 0.4) is 0 Å². The van der Waals surface area contributed by atoms with Crippen LogP contribution in [0.2, 0.25) is 0 Å². The van der Waals surface area contributed by atoms with Crippen molar-refractivity contribution in [1.29, 1.82) is 0 Å². The number of nitrogens with two attached hydrogens (primary N) is 2. The van der Waals surface area contributed by atoms with Crippen molar-refractivity contribution in [3.8, 4) is 5.75 Å². The molecule has 7 nitrogen and oxygen atoms in total. The monoisotopic (exact) mass is 534 g/mol. The van der Waals surface area contributed by atoms with Crippen LogP contribution in [0.5, 0.6) is 5.75 Å². The summed E-state index contributed by atoms with van der Waals surface area (Å²) in [6, 6.07) is 11.9. The highest BCUT2D eigenvalue weighted by Gasteiger charge is 2.29. The van der Waals surface area contributed by atoms with Gasteiger partial charge < -0.3 is 25.7 Å². The summed E-state index contributed by atoms with van der Waals surface area (Å²) in [6.45, 7) is 0.245. The summed E-state index contributed by atoms with van der Waals surface area (Å²) in [5, 5.41) is 0. The normalized spacial score (nSPS) is 17.9. The van der Waals surface area contributed by atoms with E-state index in [1.807, 2.05) is 0 Å². The maximum Gasteiger partial charge on any atom is 0.389 e. The Morgan fingerprint density at radius 2 is 1.68 bits per heavy atom. The van der Waals surface area contributed by atoms with E-state index in [0.29, 0.717) is 49.2 Å². The third-order valence-corrected chi connectivity index (χ3v) is 6.26. The molecule has 206 valence electrons. The minimum atomic E-state index is -4.17. The lowest BCUT2D eigenvalue weighted by Crippen LogP contribution is -2.29. The second-order valence-corrected chi connectivity index (χ2v) is 9.26. The standard InChI is InChI=1S/C28H33F3N2O5/c29-28(30,31)15-1-16-36-23-11-6-21(7-12-23)27(35)38-24-9-2-19(3-10-24)4-13-26(34)37-17-14-20-5-8-22(32)18-25(20)33/h2-5,8-10,13,18,21,23H,1,6-7,11-12,14-17,32-33H2. The number of halogens is 3. The van der Waals surface area contributed by atoms with Crippen molar-refractivity contribution in [2.24, 2.45) is 5.92 Å². The number of nitrogen functional groups attached to an aromatic ring is 2. The molecule has 0 unspecified atom stereocenters. The Balaban J connectivity index is 1.35. The average molecular weight is 535 g/mol. The highest BCUT2D eigenvalue weighted by atomic mass is 19.4. The molecule has 10 heteroatoms. The molecule has 0 amide bonds. The topological polar surface area (TPSA) is 114 Å². The Morgan fingerprint density at radius 3 is 2.34 bits per heavy atom. The van der Waals surface area contributed by atoms with E-state index in [0.717, 1.165) is 11.1 Å². The first-order chi connectivity index (χ1) is 18.1. The molecule has 2 aromatic carbocycles. The number of carbonyl (C=O) groups excluding carboxylic acids is 2. The van der Waals surface area contributed by atoms with Crippen LogP contribution >= 0.6 is 0 Å². The van der Waals surface area contributed by atoms with Gasteiger partial charge in [0.25, 0.3) is 0 Å². The Bertz CT molecular complexity index is 1090. The van der Waals surface area contributed by atoms with Gasteiger partial charge in [0, 0.05) is 36.9 Å². The zero-order chi connectivity index (χ0) is 27.5. The van der Waals surface area contributed by atoms with E-state index in [9.17, 15) is 22.8 Å². The van der Waals surface area contributed by atoms with Crippen LogP contribution in [-0.4, -0.2) is 37.4 Å². The van der Waals surface area contributed by atoms with Gasteiger partial charge in [-0.15, -0.1) is 0 Å². The third kappa shape index (κ3) is 10.1. The smallest absolute Gasteiger partial charge is 0.389 e. The summed E-state index contributed by atoms with van der Waals surface area (Å²) in [5.41, 5.74) is 14.3. The van der Waals surface area contributed by atoms with E-state index in [-0.39, 0.29) is 37.6 Å². The summed E-state index contributed by atoms with van der Waals surface area (Å²) in [6.07, 6.45) is 0.541. The van der Waals surface area contributed by atoms with Gasteiger partial charge in [0.1, 0.15) is 5.75 Å². The molecular formula is C28H33F3N2O5. The highest BCUT2D eigenvalue weighted by molar-refractivity contribution is 5.87. The first-order valence-electron chi connectivity index (χ1n) is 12.6. The number of benzene rings is 2. The number of ether oxygens (including phenoxy) is 3. The van der Waals surface area contributed by atoms with Crippen molar-refractivity contribution < 1.29 is 37.0 Å². The first-order valence-corrected chi connectivity index (χ1v) is 12.6. The number of carbonyl (C=O) groups is 2. The SMILES string of the molecule is Nc1ccc(CCOC(=O)C=Cc2ccc(OC(=O)C3CCC(OCCCC(F)(F)F)CC3)cc2)c(N)c1. The van der Waals surface area contributed by atoms with Gasteiger partial charge in [-0.3, -0.25) is 4.79 Å². The lowest BCUT2D eigenvalue weighted by molar-refractivity contribution is -0.143. The zero-order valence-corrected chi connectivity index (χ0v) is 21.0. The Kier molecular flexibility index (Phi) is 10.6. The Labute approximate surface area is 219 Å². The number of rotatable bonds is 11. The van der Waals surface area contributed by atoms with Crippen LogP contribution in [-0.2, 0) is 25.5 Å². The van der Waals surface area contributed by atoms with Crippen molar-refractivity contribution in [3.05, 3.63) is 59.7 Å². The Hall–Kier alpha value is -3.53. The van der Waals surface area contributed by atoms with Gasteiger partial charge in [0.05, 0.1) is 18.6 Å². The molecule has 0 aliphatic heterocycles. The number of hydrogen-bond donors (Lipinski definition) is 2. The fraction of sp³-hybridized carbons (Fsp3) is 0.429. The largest absolute Gasteiger partial charge is 0.462 e. The molecular weight excluding hydrogens is 501 g/mol. The lowest BCUT2D eigenvalue weighted by Gasteiger charge is -2.27. The van der Waals surface area contributed by atoms with Gasteiger partial charge in [-0.05, 0) is 73.6 Å². The van der Waals surface area contributed by atoms with Gasteiger partial charge in [-0.2, -0.15) is 13.2 Å². The summed E-state index contributed by atoms with van der Waals surface area (Å²) < 4.78 is 52.8. The number of anilines is 2. The van der Waals surface area contributed by atoms with E-state index < -0.39 is 18.6 Å². The summed E-state index contributed by atoms with van der Waals surface area (Å²) in [5.74, 6) is -0.715. The maximum absolute atomic E-state index is 12.5. The first kappa shape index (κ1) is 29.0. The lowest BCUT2D eigenvalue weighted by atomic mass is 9.87. The molecule has 1 aliphatic rings. The van der Waals surface area contributed by atoms with E-state index in [2.05, 4.69) is 0 Å². The van der Waals surface area contributed by atoms with E-state index >= 15 is 0 Å². The molecule has 38 heavy (non-hydrogen) atoms. The molecule has 4 N–H and O–H groups in total. The molecule has 3 rings (SSSR count). The summed E-state index contributed by atoms with van der Waals surface area (Å²) in [7, 11) is 0. The van der Waals surface area contributed by atoms with Crippen LogP contribution in [0.1, 0.15) is 49.7 Å². The average Bonchev–Trinajstić information content (AvgIpc) is 2.87. The molecule has 0 saturated heterocycles. The van der Waals surface area contributed by atoms with E-state index in [1.54, 1.807) is 48.5 Å². The number of esters is 2. The number of hydrogen-bond acceptors (Lipinski definition) is 7. The fourth-order valence-corrected chi connectivity index (χ4v) is 4.15. The van der Waals surface area contributed by atoms with Gasteiger partial charge >= 0.3 is 18.1 Å². The molecule has 0 radical (unpaired) electrons. The van der Waals surface area contributed by atoms with Crippen molar-refractivity contribution in [3.63, 3.8) is 0 Å². The van der Waals surface area contributed by atoms with E-state index in [4.69, 9.17) is 25.7 Å². The zero-order valence-electron chi connectivity index (χ0n) is 21.0. The predicted molar refractivity (Wildman–Crippen MR) is 138 cm³/mol. The minimum absolute atomic E-state index is 0.0576. The van der Waals surface area contributed by atoms with Crippen molar-refractivity contribution in [1.82, 2.24) is 0 Å². The second kappa shape index (κ2) is 13.9. The van der Waals surface area contributed by atoms with Gasteiger partial charge in [-0.25, -0.2) is 4.79 Å². The second-order valence-electron chi connectivity index (χ2n) is 9.26. The molecule has 0 bridgehead atoms. The molecule has 0 aromatic heterocycles. The van der Waals surface area contributed by atoms with Crippen LogP contribution in [0, 0.1) is 5.92 Å². The van der Waals surface area contributed by atoms with Crippen LogP contribution in [0.4, 0.5) is 24.5 Å². The maximum atomic E-state index is 12.5. The van der Waals surface area contributed by atoms with Crippen molar-refractivity contribution in [2.45, 2.75) is 57.2 Å². The summed E-state index contributed by atoms with van der Waals surface area (Å²) in [4.78, 5) is 24.5. The van der Waals surface area contributed by atoms with Crippen molar-refractivity contribution in [2.75, 3.05) is 24.7 Å². The quantitative estimate of drug-likeness (QED) is 0.129. The van der Waals surface area contributed by atoms with Crippen molar-refractivity contribution >= 4 is 29.4 Å². The van der Waals surface area contributed by atoms with Gasteiger partial charge in [-0.1, -0.05) is 18.2 Å².